The van der Waals surface area contributed by atoms with Gasteiger partial charge in [0.05, 0.1) is 0 Å². The Morgan fingerprint density at radius 1 is 1.42 bits per heavy atom. The van der Waals surface area contributed by atoms with Gasteiger partial charge in [-0.15, -0.1) is 9.24 Å². The fourth-order valence-corrected chi connectivity index (χ4v) is 1.68. The molecule has 66 valence electrons. The molecule has 1 rings (SSSR count). The molecule has 0 nitrogen and oxygen atoms in total. The molecule has 0 aliphatic heterocycles. The molecule has 0 fully saturated rings. The summed E-state index contributed by atoms with van der Waals surface area (Å²) in [6, 6.07) is 6.04. The highest BCUT2D eigenvalue weighted by Crippen LogP contribution is 2.13. The van der Waals surface area contributed by atoms with Crippen molar-refractivity contribution in [3.05, 3.63) is 28.8 Å². The molecule has 0 aromatic heterocycles. The fraction of sp³-hybridized carbons (Fsp3) is 0.400. The normalized spacial score (nSPS) is 10.2. The molecular formula is C10H14ClP. The largest absolute Gasteiger partial charge is 0.105 e. The predicted molar refractivity (Wildman–Crippen MR) is 59.4 cm³/mol. The van der Waals surface area contributed by atoms with E-state index in [2.05, 4.69) is 28.3 Å². The van der Waals surface area contributed by atoms with Gasteiger partial charge in [-0.3, -0.25) is 0 Å². The second-order valence-corrected chi connectivity index (χ2v) is 4.01. The summed E-state index contributed by atoms with van der Waals surface area (Å²) in [5, 5.41) is 2.11. The highest BCUT2D eigenvalue weighted by molar-refractivity contribution is 7.27. The number of halogens is 1. The lowest BCUT2D eigenvalue weighted by atomic mass is 10.1. The first-order valence-electron chi connectivity index (χ1n) is 4.28. The average molecular weight is 201 g/mol. The second-order valence-electron chi connectivity index (χ2n) is 2.95. The maximum atomic E-state index is 5.89. The zero-order valence-corrected chi connectivity index (χ0v) is 9.22. The summed E-state index contributed by atoms with van der Waals surface area (Å²) < 4.78 is 0. The standard InChI is InChI=1S/C10H14ClP/c1-2-3-4-8-7-9(11)5-6-10(8)12/h5-7H,2-4,12H2,1H3. The van der Waals surface area contributed by atoms with Crippen LogP contribution in [0.25, 0.3) is 0 Å². The van der Waals surface area contributed by atoms with Gasteiger partial charge in [-0.1, -0.05) is 31.0 Å². The Labute approximate surface area is 81.5 Å². The molecule has 1 aromatic carbocycles. The molecular weight excluding hydrogens is 187 g/mol. The Bertz CT molecular complexity index is 258. The molecule has 0 heterocycles. The lowest BCUT2D eigenvalue weighted by Crippen LogP contribution is -2.00. The van der Waals surface area contributed by atoms with E-state index >= 15 is 0 Å². The van der Waals surface area contributed by atoms with Crippen molar-refractivity contribution in [2.45, 2.75) is 26.2 Å². The zero-order chi connectivity index (χ0) is 8.97. The van der Waals surface area contributed by atoms with Gasteiger partial charge in [-0.2, -0.15) is 0 Å². The summed E-state index contributed by atoms with van der Waals surface area (Å²) in [5.74, 6) is 0. The van der Waals surface area contributed by atoms with E-state index in [0.717, 1.165) is 11.4 Å². The molecule has 0 saturated heterocycles. The van der Waals surface area contributed by atoms with E-state index in [0.29, 0.717) is 0 Å². The maximum Gasteiger partial charge on any atom is 0.0409 e. The molecule has 1 atom stereocenters. The lowest BCUT2D eigenvalue weighted by molar-refractivity contribution is 0.798. The molecule has 0 aliphatic rings. The van der Waals surface area contributed by atoms with Gasteiger partial charge in [-0.25, -0.2) is 0 Å². The van der Waals surface area contributed by atoms with Crippen LogP contribution in [0.1, 0.15) is 25.3 Å². The first-order chi connectivity index (χ1) is 5.74. The van der Waals surface area contributed by atoms with Gasteiger partial charge in [0.1, 0.15) is 0 Å². The SMILES string of the molecule is CCCCc1cc(Cl)ccc1P. The molecule has 0 bridgehead atoms. The smallest absolute Gasteiger partial charge is 0.0409 e. The summed E-state index contributed by atoms with van der Waals surface area (Å²) in [5.41, 5.74) is 1.36. The maximum absolute atomic E-state index is 5.89. The molecule has 1 aromatic rings. The molecule has 2 heteroatoms. The summed E-state index contributed by atoms with van der Waals surface area (Å²) in [4.78, 5) is 0. The van der Waals surface area contributed by atoms with Crippen molar-refractivity contribution < 1.29 is 0 Å². The number of aryl methyl sites for hydroxylation is 1. The number of rotatable bonds is 3. The van der Waals surface area contributed by atoms with Crippen molar-refractivity contribution >= 4 is 26.1 Å². The Morgan fingerprint density at radius 2 is 2.17 bits per heavy atom. The average Bonchev–Trinajstić information content (AvgIpc) is 2.07. The third kappa shape index (κ3) is 2.77. The predicted octanol–water partition coefficient (Wildman–Crippen LogP) is 3.18. The fourth-order valence-electron chi connectivity index (χ4n) is 1.16. The van der Waals surface area contributed by atoms with Crippen LogP contribution in [-0.4, -0.2) is 0 Å². The highest BCUT2D eigenvalue weighted by atomic mass is 35.5. The third-order valence-corrected chi connectivity index (χ3v) is 2.70. The Balaban J connectivity index is 2.75. The van der Waals surface area contributed by atoms with E-state index < -0.39 is 0 Å². The summed E-state index contributed by atoms with van der Waals surface area (Å²) in [6.07, 6.45) is 3.61. The molecule has 1 unspecified atom stereocenters. The van der Waals surface area contributed by atoms with Crippen LogP contribution < -0.4 is 5.30 Å². The lowest BCUT2D eigenvalue weighted by Gasteiger charge is -2.04. The molecule has 12 heavy (non-hydrogen) atoms. The monoisotopic (exact) mass is 200 g/mol. The van der Waals surface area contributed by atoms with E-state index in [1.54, 1.807) is 0 Å². The Hall–Kier alpha value is -0.0600. The van der Waals surface area contributed by atoms with Gasteiger partial charge in [0.2, 0.25) is 0 Å². The minimum atomic E-state index is 0.840. The van der Waals surface area contributed by atoms with Gasteiger partial charge in [0.15, 0.2) is 0 Å². The molecule has 0 N–H and O–H groups in total. The first kappa shape index (κ1) is 10.0. The third-order valence-electron chi connectivity index (χ3n) is 1.90. The van der Waals surface area contributed by atoms with Crippen LogP contribution in [0.5, 0.6) is 0 Å². The second kappa shape index (κ2) is 4.84. The summed E-state index contributed by atoms with van der Waals surface area (Å²) in [7, 11) is 2.75. The van der Waals surface area contributed by atoms with Crippen molar-refractivity contribution in [3.63, 3.8) is 0 Å². The van der Waals surface area contributed by atoms with E-state index in [9.17, 15) is 0 Å². The van der Waals surface area contributed by atoms with Crippen LogP contribution in [0.2, 0.25) is 5.02 Å². The van der Waals surface area contributed by atoms with Crippen molar-refractivity contribution in [2.75, 3.05) is 0 Å². The van der Waals surface area contributed by atoms with Crippen LogP contribution in [0, 0.1) is 0 Å². The van der Waals surface area contributed by atoms with Crippen LogP contribution >= 0.6 is 20.8 Å². The highest BCUT2D eigenvalue weighted by Gasteiger charge is 1.98. The van der Waals surface area contributed by atoms with Crippen molar-refractivity contribution in [1.82, 2.24) is 0 Å². The van der Waals surface area contributed by atoms with Gasteiger partial charge in [0, 0.05) is 5.02 Å². The Kier molecular flexibility index (Phi) is 4.05. The van der Waals surface area contributed by atoms with Crippen LogP contribution in [-0.2, 0) is 6.42 Å². The topological polar surface area (TPSA) is 0 Å². The first-order valence-corrected chi connectivity index (χ1v) is 5.23. The van der Waals surface area contributed by atoms with Crippen LogP contribution in [0.15, 0.2) is 18.2 Å². The van der Waals surface area contributed by atoms with Crippen molar-refractivity contribution in [2.24, 2.45) is 0 Å². The quantitative estimate of drug-likeness (QED) is 0.658. The van der Waals surface area contributed by atoms with E-state index in [4.69, 9.17) is 11.6 Å². The minimum Gasteiger partial charge on any atom is -0.105 e. The number of hydrogen-bond acceptors (Lipinski definition) is 0. The van der Waals surface area contributed by atoms with Gasteiger partial charge in [0.25, 0.3) is 0 Å². The van der Waals surface area contributed by atoms with Crippen molar-refractivity contribution in [3.8, 4) is 0 Å². The van der Waals surface area contributed by atoms with Crippen LogP contribution in [0.4, 0.5) is 0 Å². The van der Waals surface area contributed by atoms with Crippen LogP contribution in [0.3, 0.4) is 0 Å². The number of hydrogen-bond donors (Lipinski definition) is 0. The van der Waals surface area contributed by atoms with Gasteiger partial charge < -0.3 is 0 Å². The number of benzene rings is 1. The van der Waals surface area contributed by atoms with Crippen molar-refractivity contribution in [1.29, 1.82) is 0 Å². The zero-order valence-electron chi connectivity index (χ0n) is 7.31. The van der Waals surface area contributed by atoms with E-state index in [1.807, 2.05) is 6.07 Å². The molecule has 0 radical (unpaired) electrons. The minimum absolute atomic E-state index is 0.840. The molecule has 0 spiro atoms. The molecule has 0 amide bonds. The van der Waals surface area contributed by atoms with E-state index in [1.165, 1.54) is 23.7 Å². The van der Waals surface area contributed by atoms with Gasteiger partial charge in [-0.05, 0) is 35.8 Å². The van der Waals surface area contributed by atoms with Gasteiger partial charge >= 0.3 is 0 Å². The molecule has 0 saturated carbocycles. The summed E-state index contributed by atoms with van der Waals surface area (Å²) >= 11 is 5.89. The Morgan fingerprint density at radius 3 is 2.83 bits per heavy atom. The summed E-state index contributed by atoms with van der Waals surface area (Å²) in [6.45, 7) is 2.20. The van der Waals surface area contributed by atoms with E-state index in [-0.39, 0.29) is 0 Å². The molecule has 0 aliphatic carbocycles. The number of unbranched alkanes of at least 4 members (excludes halogenated alkanes) is 1.